The first-order valence-corrected chi connectivity index (χ1v) is 6.96. The Morgan fingerprint density at radius 1 is 1.32 bits per heavy atom. The molecular formula is C14H17N3OS. The average Bonchev–Trinajstić information content (AvgIpc) is 2.68. The number of hydrogen-bond acceptors (Lipinski definition) is 5. The van der Waals surface area contributed by atoms with Crippen LogP contribution in [0.25, 0.3) is 0 Å². The fourth-order valence-corrected chi connectivity index (χ4v) is 2.83. The number of rotatable bonds is 4. The van der Waals surface area contributed by atoms with Crippen molar-refractivity contribution >= 4 is 33.8 Å². The topological polar surface area (TPSA) is 68.0 Å². The van der Waals surface area contributed by atoms with Crippen LogP contribution < -0.4 is 11.1 Å². The highest BCUT2D eigenvalue weighted by molar-refractivity contribution is 7.18. The number of nitrogens with one attached hydrogen (secondary N) is 1. The number of anilines is 3. The maximum atomic E-state index is 11.7. The maximum Gasteiger partial charge on any atom is 0.189 e. The van der Waals surface area contributed by atoms with Crippen LogP contribution in [-0.2, 0) is 0 Å². The minimum absolute atomic E-state index is 0.0310. The van der Waals surface area contributed by atoms with Gasteiger partial charge >= 0.3 is 0 Å². The second-order valence-corrected chi connectivity index (χ2v) is 5.51. The van der Waals surface area contributed by atoms with Crippen LogP contribution in [0, 0.1) is 13.8 Å². The summed E-state index contributed by atoms with van der Waals surface area (Å²) in [6, 6.07) is 6.17. The maximum absolute atomic E-state index is 11.7. The summed E-state index contributed by atoms with van der Waals surface area (Å²) >= 11 is 1.30. The summed E-state index contributed by atoms with van der Waals surface area (Å²) in [6.07, 6.45) is 0.440. The number of nitrogens with zero attached hydrogens (tertiary/aromatic N) is 1. The number of nitrogen functional groups attached to an aromatic ring is 1. The Bertz CT molecular complexity index is 599. The zero-order valence-corrected chi connectivity index (χ0v) is 12.1. The number of benzene rings is 1. The van der Waals surface area contributed by atoms with Gasteiger partial charge in [-0.1, -0.05) is 24.3 Å². The molecule has 100 valence electrons. The second kappa shape index (κ2) is 5.40. The monoisotopic (exact) mass is 275 g/mol. The number of carbonyl (C=O) groups is 1. The predicted octanol–water partition coefficient (Wildman–Crippen LogP) is 3.68. The van der Waals surface area contributed by atoms with Crippen molar-refractivity contribution in [2.24, 2.45) is 0 Å². The summed E-state index contributed by atoms with van der Waals surface area (Å²) < 4.78 is 0. The molecule has 5 heteroatoms. The van der Waals surface area contributed by atoms with E-state index in [9.17, 15) is 4.79 Å². The number of aromatic nitrogens is 1. The molecule has 0 radical (unpaired) electrons. The SMILES string of the molecule is CCC(=O)c1sc(Nc2cc(C)cc(C)c2)nc1N. The van der Waals surface area contributed by atoms with Gasteiger partial charge < -0.3 is 11.1 Å². The molecule has 1 aromatic heterocycles. The van der Waals surface area contributed by atoms with Crippen LogP contribution in [0.2, 0.25) is 0 Å². The van der Waals surface area contributed by atoms with E-state index >= 15 is 0 Å². The first-order chi connectivity index (χ1) is 8.99. The minimum atomic E-state index is 0.0310. The summed E-state index contributed by atoms with van der Waals surface area (Å²) in [4.78, 5) is 16.4. The lowest BCUT2D eigenvalue weighted by molar-refractivity contribution is 0.0992. The fourth-order valence-electron chi connectivity index (χ4n) is 1.92. The van der Waals surface area contributed by atoms with Crippen LogP contribution in [0.1, 0.15) is 34.1 Å². The summed E-state index contributed by atoms with van der Waals surface area (Å²) in [5.41, 5.74) is 9.09. The molecule has 4 nitrogen and oxygen atoms in total. The third kappa shape index (κ3) is 3.12. The third-order valence-corrected chi connectivity index (χ3v) is 3.73. The first kappa shape index (κ1) is 13.5. The molecule has 3 N–H and O–H groups in total. The molecule has 2 aromatic rings. The van der Waals surface area contributed by atoms with Crippen molar-refractivity contribution in [3.05, 3.63) is 34.2 Å². The van der Waals surface area contributed by atoms with Crippen LogP contribution in [0.5, 0.6) is 0 Å². The molecular weight excluding hydrogens is 258 g/mol. The summed E-state index contributed by atoms with van der Waals surface area (Å²) in [6.45, 7) is 5.90. The van der Waals surface area contributed by atoms with Gasteiger partial charge in [0.2, 0.25) is 0 Å². The molecule has 0 saturated heterocycles. The highest BCUT2D eigenvalue weighted by atomic mass is 32.1. The van der Waals surface area contributed by atoms with Crippen molar-refractivity contribution in [1.82, 2.24) is 4.98 Å². The number of hydrogen-bond donors (Lipinski definition) is 2. The standard InChI is InChI=1S/C14H17N3OS/c1-4-11(18)12-13(15)17-14(19-12)16-10-6-8(2)5-9(3)7-10/h5-7H,4,15H2,1-3H3,(H,16,17). The molecule has 0 fully saturated rings. The molecule has 2 rings (SSSR count). The van der Waals surface area contributed by atoms with E-state index in [2.05, 4.69) is 16.4 Å². The lowest BCUT2D eigenvalue weighted by Crippen LogP contribution is -1.98. The van der Waals surface area contributed by atoms with Crippen molar-refractivity contribution in [3.63, 3.8) is 0 Å². The zero-order valence-electron chi connectivity index (χ0n) is 11.3. The van der Waals surface area contributed by atoms with E-state index in [1.165, 1.54) is 22.5 Å². The predicted molar refractivity (Wildman–Crippen MR) is 80.3 cm³/mol. The normalized spacial score (nSPS) is 10.5. The molecule has 0 atom stereocenters. The molecule has 0 spiro atoms. The van der Waals surface area contributed by atoms with Gasteiger partial charge in [0.05, 0.1) is 0 Å². The Balaban J connectivity index is 2.26. The van der Waals surface area contributed by atoms with Crippen molar-refractivity contribution in [3.8, 4) is 0 Å². The van der Waals surface area contributed by atoms with Gasteiger partial charge in [-0.05, 0) is 37.1 Å². The molecule has 0 aliphatic rings. The van der Waals surface area contributed by atoms with Gasteiger partial charge in [-0.2, -0.15) is 0 Å². The lowest BCUT2D eigenvalue weighted by atomic mass is 10.1. The summed E-state index contributed by atoms with van der Waals surface area (Å²) in [5.74, 6) is 0.340. The fraction of sp³-hybridized carbons (Fsp3) is 0.286. The number of ketones is 1. The molecule has 0 unspecified atom stereocenters. The minimum Gasteiger partial charge on any atom is -0.382 e. The number of carbonyl (C=O) groups excluding carboxylic acids is 1. The third-order valence-electron chi connectivity index (χ3n) is 2.70. The van der Waals surface area contributed by atoms with Gasteiger partial charge in [-0.15, -0.1) is 0 Å². The Morgan fingerprint density at radius 2 is 1.95 bits per heavy atom. The first-order valence-electron chi connectivity index (χ1n) is 6.14. The lowest BCUT2D eigenvalue weighted by Gasteiger charge is -2.05. The van der Waals surface area contributed by atoms with Crippen molar-refractivity contribution in [2.45, 2.75) is 27.2 Å². The molecule has 0 aliphatic carbocycles. The van der Waals surface area contributed by atoms with Gasteiger partial charge in [0.15, 0.2) is 10.9 Å². The molecule has 0 bridgehead atoms. The van der Waals surface area contributed by atoms with Gasteiger partial charge in [0.1, 0.15) is 10.7 Å². The number of Topliss-reactive ketones (excluding diaryl/α,β-unsaturated/α-hetero) is 1. The number of thiazole rings is 1. The summed E-state index contributed by atoms with van der Waals surface area (Å²) in [7, 11) is 0. The quantitative estimate of drug-likeness (QED) is 0.835. The van der Waals surface area contributed by atoms with Crippen LogP contribution in [0.3, 0.4) is 0 Å². The van der Waals surface area contributed by atoms with Gasteiger partial charge in [-0.3, -0.25) is 4.79 Å². The average molecular weight is 275 g/mol. The van der Waals surface area contributed by atoms with E-state index in [4.69, 9.17) is 5.73 Å². The number of nitrogens with two attached hydrogens (primary N) is 1. The van der Waals surface area contributed by atoms with Crippen molar-refractivity contribution < 1.29 is 4.79 Å². The Morgan fingerprint density at radius 3 is 2.53 bits per heavy atom. The van der Waals surface area contributed by atoms with E-state index in [0.717, 1.165) is 5.69 Å². The van der Waals surface area contributed by atoms with E-state index in [-0.39, 0.29) is 5.78 Å². The van der Waals surface area contributed by atoms with E-state index in [0.29, 0.717) is 22.2 Å². The highest BCUT2D eigenvalue weighted by Crippen LogP contribution is 2.29. The number of aryl methyl sites for hydroxylation is 2. The van der Waals surface area contributed by atoms with Crippen molar-refractivity contribution in [2.75, 3.05) is 11.1 Å². The molecule has 19 heavy (non-hydrogen) atoms. The largest absolute Gasteiger partial charge is 0.382 e. The molecule has 1 heterocycles. The van der Waals surface area contributed by atoms with Gasteiger partial charge in [0.25, 0.3) is 0 Å². The van der Waals surface area contributed by atoms with E-state index in [1.54, 1.807) is 0 Å². The van der Waals surface area contributed by atoms with Crippen molar-refractivity contribution in [1.29, 1.82) is 0 Å². The Labute approximate surface area is 116 Å². The van der Waals surface area contributed by atoms with Gasteiger partial charge in [-0.25, -0.2) is 4.98 Å². The van der Waals surface area contributed by atoms with Gasteiger partial charge in [0, 0.05) is 12.1 Å². The zero-order chi connectivity index (χ0) is 14.0. The van der Waals surface area contributed by atoms with Crippen LogP contribution in [-0.4, -0.2) is 10.8 Å². The second-order valence-electron chi connectivity index (χ2n) is 4.51. The molecule has 0 aliphatic heterocycles. The molecule has 0 saturated carbocycles. The Hall–Kier alpha value is -1.88. The van der Waals surface area contributed by atoms with E-state index in [1.807, 2.05) is 32.9 Å². The highest BCUT2D eigenvalue weighted by Gasteiger charge is 2.14. The van der Waals surface area contributed by atoms with Crippen LogP contribution in [0.15, 0.2) is 18.2 Å². The summed E-state index contributed by atoms with van der Waals surface area (Å²) in [5, 5.41) is 3.85. The van der Waals surface area contributed by atoms with Crippen LogP contribution in [0.4, 0.5) is 16.6 Å². The Kier molecular flexibility index (Phi) is 3.85. The van der Waals surface area contributed by atoms with E-state index < -0.39 is 0 Å². The molecule has 1 aromatic carbocycles. The van der Waals surface area contributed by atoms with Crippen LogP contribution >= 0.6 is 11.3 Å². The molecule has 0 amide bonds. The smallest absolute Gasteiger partial charge is 0.189 e.